The fourth-order valence-electron chi connectivity index (χ4n) is 10.0. The van der Waals surface area contributed by atoms with Crippen molar-refractivity contribution in [2.45, 2.75) is 316 Å². The van der Waals surface area contributed by atoms with E-state index >= 15 is 0 Å². The second-order valence-corrected chi connectivity index (χ2v) is 28.8. The molecule has 0 fully saturated rings. The highest BCUT2D eigenvalue weighted by Crippen LogP contribution is 2.45. The number of aliphatic hydroxyl groups excluding tert-OH is 1. The lowest BCUT2D eigenvalue weighted by atomic mass is 10.0. The van der Waals surface area contributed by atoms with E-state index in [0.717, 1.165) is 141 Å². The van der Waals surface area contributed by atoms with Gasteiger partial charge in [-0.15, -0.1) is 0 Å². The highest BCUT2D eigenvalue weighted by molar-refractivity contribution is 7.47. The maximum Gasteiger partial charge on any atom is 0.472 e. The zero-order chi connectivity index (χ0) is 76.0. The van der Waals surface area contributed by atoms with Crippen molar-refractivity contribution in [3.05, 3.63) is 158 Å². The van der Waals surface area contributed by atoms with E-state index in [1.807, 2.05) is 30.4 Å². The number of ether oxygens (including phenoxy) is 4. The van der Waals surface area contributed by atoms with E-state index in [4.69, 9.17) is 37.0 Å². The minimum Gasteiger partial charge on any atom is -0.462 e. The molecule has 0 aliphatic heterocycles. The molecular weight excluding hydrogens is 1350 g/mol. The van der Waals surface area contributed by atoms with E-state index in [9.17, 15) is 43.2 Å². The van der Waals surface area contributed by atoms with Crippen LogP contribution in [0.15, 0.2) is 158 Å². The van der Waals surface area contributed by atoms with Crippen molar-refractivity contribution in [2.24, 2.45) is 0 Å². The standard InChI is InChI=1S/C85H140O17P2/c1-5-9-13-17-21-25-29-33-36-38-39-41-44-47-50-54-58-62-66-70-83(88)95-75-80(101-84(89)71-67-63-59-55-51-45-32-28-24-20-16-12-8-4)77-99-103(91,92)97-73-79(86)74-98-104(93,94)100-78-81(102-85(90)72-68-64-60-56-52-48-42-35-31-27-23-19-15-11-7-3)76-96-82(87)69-65-61-57-53-49-46-43-40-37-34-30-26-22-18-14-10-6-2/h9-10,13-14,16,20-22,25-26,28,32-34,36-37,39,41,43,46-47,50,53,57-58,62,79-81,86H,5-8,11-12,15,17-19,23-24,27,29-31,35,38,40,42,44-45,48-49,51-52,54-56,59-61,63-78H2,1-4H3,(H,91,92)(H,93,94)/b13-9-,14-10-,20-16-,25-21-,26-22-,32-28-,36-33-,37-34-,41-39-,46-43-,50-47-,57-53-,62-58-. The second-order valence-electron chi connectivity index (χ2n) is 25.9. The van der Waals surface area contributed by atoms with E-state index in [1.54, 1.807) is 0 Å². The Labute approximate surface area is 629 Å². The highest BCUT2D eigenvalue weighted by atomic mass is 31.2. The van der Waals surface area contributed by atoms with Crippen molar-refractivity contribution in [2.75, 3.05) is 39.6 Å². The highest BCUT2D eigenvalue weighted by Gasteiger charge is 2.30. The molecule has 0 aliphatic carbocycles. The van der Waals surface area contributed by atoms with Gasteiger partial charge in [0.25, 0.3) is 0 Å². The first-order valence-electron chi connectivity index (χ1n) is 39.7. The molecule has 0 aromatic rings. The van der Waals surface area contributed by atoms with Crippen molar-refractivity contribution < 1.29 is 80.2 Å². The molecule has 19 heteroatoms. The van der Waals surface area contributed by atoms with Gasteiger partial charge in [0.1, 0.15) is 19.3 Å². The monoisotopic (exact) mass is 1490 g/mol. The number of carbonyl (C=O) groups excluding carboxylic acids is 4. The average Bonchev–Trinajstić information content (AvgIpc) is 0.939. The zero-order valence-corrected chi connectivity index (χ0v) is 66.4. The number of phosphoric acid groups is 2. The number of aliphatic hydroxyl groups is 1. The third-order valence-corrected chi connectivity index (χ3v) is 17.9. The van der Waals surface area contributed by atoms with Crippen LogP contribution in [0, 0.1) is 0 Å². The molecule has 5 unspecified atom stereocenters. The maximum atomic E-state index is 13.1. The summed E-state index contributed by atoms with van der Waals surface area (Å²) in [5.41, 5.74) is 0. The fourth-order valence-corrected chi connectivity index (χ4v) is 11.6. The van der Waals surface area contributed by atoms with Crippen LogP contribution in [-0.4, -0.2) is 96.7 Å². The van der Waals surface area contributed by atoms with Crippen molar-refractivity contribution in [3.8, 4) is 0 Å². The van der Waals surface area contributed by atoms with Gasteiger partial charge in [0.05, 0.1) is 26.4 Å². The Morgan fingerprint density at radius 2 is 0.548 bits per heavy atom. The van der Waals surface area contributed by atoms with Gasteiger partial charge in [-0.2, -0.15) is 0 Å². The molecule has 3 N–H and O–H groups in total. The summed E-state index contributed by atoms with van der Waals surface area (Å²) in [6.07, 6.45) is 88.2. The van der Waals surface area contributed by atoms with Crippen LogP contribution in [0.25, 0.3) is 0 Å². The fraction of sp³-hybridized carbons (Fsp3) is 0.647. The van der Waals surface area contributed by atoms with Gasteiger partial charge in [0, 0.05) is 25.7 Å². The molecule has 17 nitrogen and oxygen atoms in total. The van der Waals surface area contributed by atoms with Gasteiger partial charge in [-0.05, 0) is 128 Å². The first-order valence-corrected chi connectivity index (χ1v) is 42.7. The lowest BCUT2D eigenvalue weighted by Crippen LogP contribution is -2.30. The molecule has 592 valence electrons. The molecule has 0 heterocycles. The molecule has 5 atom stereocenters. The normalized spacial score (nSPS) is 14.7. The van der Waals surface area contributed by atoms with Gasteiger partial charge < -0.3 is 33.8 Å². The van der Waals surface area contributed by atoms with Crippen LogP contribution >= 0.6 is 15.6 Å². The van der Waals surface area contributed by atoms with E-state index in [2.05, 4.69) is 155 Å². The number of hydrogen-bond donors (Lipinski definition) is 3. The van der Waals surface area contributed by atoms with Crippen molar-refractivity contribution in [1.29, 1.82) is 0 Å². The molecule has 0 rings (SSSR count). The molecular formula is C85H140O17P2. The summed E-state index contributed by atoms with van der Waals surface area (Å²) >= 11 is 0. The van der Waals surface area contributed by atoms with Crippen LogP contribution in [0.5, 0.6) is 0 Å². The predicted octanol–water partition coefficient (Wildman–Crippen LogP) is 23.2. The molecule has 0 aromatic heterocycles. The van der Waals surface area contributed by atoms with Gasteiger partial charge in [-0.1, -0.05) is 301 Å². The molecule has 0 spiro atoms. The number of phosphoric ester groups is 2. The van der Waals surface area contributed by atoms with Crippen LogP contribution in [0.1, 0.15) is 297 Å². The quantitative estimate of drug-likeness (QED) is 0.0169. The molecule has 0 radical (unpaired) electrons. The van der Waals surface area contributed by atoms with Crippen molar-refractivity contribution >= 4 is 39.5 Å². The Balaban J connectivity index is 5.47. The minimum atomic E-state index is -5.00. The van der Waals surface area contributed by atoms with Gasteiger partial charge >= 0.3 is 39.5 Å². The van der Waals surface area contributed by atoms with Gasteiger partial charge in [-0.25, -0.2) is 9.13 Å². The van der Waals surface area contributed by atoms with E-state index in [1.165, 1.54) is 64.2 Å². The summed E-state index contributed by atoms with van der Waals surface area (Å²) in [4.78, 5) is 72.9. The van der Waals surface area contributed by atoms with Gasteiger partial charge in [-0.3, -0.25) is 37.3 Å². The van der Waals surface area contributed by atoms with Gasteiger partial charge in [0.2, 0.25) is 0 Å². The molecule has 0 amide bonds. The molecule has 0 aliphatic rings. The van der Waals surface area contributed by atoms with E-state index in [-0.39, 0.29) is 25.7 Å². The molecule has 104 heavy (non-hydrogen) atoms. The number of hydrogen-bond acceptors (Lipinski definition) is 15. The number of allylic oxidation sites excluding steroid dienone is 26. The lowest BCUT2D eigenvalue weighted by Gasteiger charge is -2.21. The minimum absolute atomic E-state index is 0.0276. The summed E-state index contributed by atoms with van der Waals surface area (Å²) in [7, 11) is -10.0. The van der Waals surface area contributed by atoms with Crippen molar-refractivity contribution in [1.82, 2.24) is 0 Å². The summed E-state index contributed by atoms with van der Waals surface area (Å²) in [5, 5.41) is 10.6. The van der Waals surface area contributed by atoms with E-state index < -0.39 is 97.5 Å². The Morgan fingerprint density at radius 1 is 0.279 bits per heavy atom. The third-order valence-electron chi connectivity index (χ3n) is 16.0. The van der Waals surface area contributed by atoms with Crippen LogP contribution < -0.4 is 0 Å². The number of unbranched alkanes of at least 4 members (excludes halogenated alkanes) is 21. The molecule has 0 saturated carbocycles. The first kappa shape index (κ1) is 98.7. The number of rotatable bonds is 73. The Kier molecular flexibility index (Phi) is 72.0. The second kappa shape index (κ2) is 75.9. The van der Waals surface area contributed by atoms with Crippen LogP contribution in [0.2, 0.25) is 0 Å². The number of carbonyl (C=O) groups is 4. The van der Waals surface area contributed by atoms with E-state index in [0.29, 0.717) is 38.5 Å². The Morgan fingerprint density at radius 3 is 0.894 bits per heavy atom. The van der Waals surface area contributed by atoms with Gasteiger partial charge in [0.15, 0.2) is 12.2 Å². The molecule has 0 saturated heterocycles. The zero-order valence-electron chi connectivity index (χ0n) is 64.6. The average molecular weight is 1500 g/mol. The molecule has 0 aromatic carbocycles. The largest absolute Gasteiger partial charge is 0.472 e. The predicted molar refractivity (Wildman–Crippen MR) is 427 cm³/mol. The Hall–Kier alpha value is -5.32. The third kappa shape index (κ3) is 74.9. The number of esters is 4. The topological polar surface area (TPSA) is 237 Å². The lowest BCUT2D eigenvalue weighted by molar-refractivity contribution is -0.161. The summed E-state index contributed by atoms with van der Waals surface area (Å²) in [6, 6.07) is 0. The first-order chi connectivity index (χ1) is 50.7. The van der Waals surface area contributed by atoms with Crippen LogP contribution in [-0.2, 0) is 65.4 Å². The Bertz CT molecular complexity index is 2590. The molecule has 0 bridgehead atoms. The van der Waals surface area contributed by atoms with Crippen LogP contribution in [0.4, 0.5) is 0 Å². The summed E-state index contributed by atoms with van der Waals surface area (Å²) in [6.45, 7) is 4.42. The summed E-state index contributed by atoms with van der Waals surface area (Å²) in [5.74, 6) is -2.36. The van der Waals surface area contributed by atoms with Crippen LogP contribution in [0.3, 0.4) is 0 Å². The smallest absolute Gasteiger partial charge is 0.462 e. The maximum absolute atomic E-state index is 13.1. The van der Waals surface area contributed by atoms with Crippen molar-refractivity contribution in [3.63, 3.8) is 0 Å². The SMILES string of the molecule is CC/C=C\C/C=C\C/C=C\C/C=C\C/C=C\C/C=C\CCC(=O)OCC(COP(=O)(O)OCC(O)COP(=O)(O)OCC(COC(=O)CCC/C=C\C/C=C\C/C=C\C/C=C\C/C=C\CC)OC(=O)CCCCCCCCCCCCCCCCC)OC(=O)CCCCCCC/C=C\C/C=C\CCC. The summed E-state index contributed by atoms with van der Waals surface area (Å²) < 4.78 is 68.4.